The average Bonchev–Trinajstić information content (AvgIpc) is 2.89. The number of benzene rings is 1. The third kappa shape index (κ3) is 6.15. The highest BCUT2D eigenvalue weighted by molar-refractivity contribution is 5.77. The van der Waals surface area contributed by atoms with Gasteiger partial charge in [-0.3, -0.25) is 14.2 Å². The Morgan fingerprint density at radius 2 is 1.97 bits per heavy atom. The Labute approximate surface area is 213 Å². The fraction of sp³-hybridized carbons (Fsp3) is 0.536. The standard InChI is InChI=1S/C28H37N5O3/c1-4-22(23-9-6-5-7-10-23)17-26(34)31-15-12-28(36,13-16-31)20-33-21-29-25(18-27(33)35)32-14-8-11-24(19-32)30(2)3/h1,5-7,9-10,18,21-22,24,36H,8,11-17,19-20H2,2-3H3/t22-,24+/m1/s1. The van der Waals surface area contributed by atoms with Gasteiger partial charge in [-0.05, 0) is 45.3 Å². The first kappa shape index (κ1) is 25.9. The summed E-state index contributed by atoms with van der Waals surface area (Å²) < 4.78 is 1.48. The number of rotatable bonds is 7. The Kier molecular flexibility index (Phi) is 8.12. The van der Waals surface area contributed by atoms with Gasteiger partial charge in [-0.1, -0.05) is 36.3 Å². The fourth-order valence-corrected chi connectivity index (χ4v) is 5.20. The molecule has 36 heavy (non-hydrogen) atoms. The molecule has 0 saturated carbocycles. The van der Waals surface area contributed by atoms with Crippen LogP contribution in [0.5, 0.6) is 0 Å². The first-order valence-electron chi connectivity index (χ1n) is 12.8. The fourth-order valence-electron chi connectivity index (χ4n) is 5.20. The van der Waals surface area contributed by atoms with Crippen LogP contribution in [0, 0.1) is 12.3 Å². The second-order valence-electron chi connectivity index (χ2n) is 10.4. The van der Waals surface area contributed by atoms with Crippen molar-refractivity contribution in [3.63, 3.8) is 0 Å². The van der Waals surface area contributed by atoms with Crippen LogP contribution in [-0.4, -0.2) is 82.3 Å². The minimum absolute atomic E-state index is 0.00963. The van der Waals surface area contributed by atoms with Crippen molar-refractivity contribution in [3.8, 4) is 12.3 Å². The van der Waals surface area contributed by atoms with Crippen LogP contribution in [0.25, 0.3) is 0 Å². The number of hydrogen-bond acceptors (Lipinski definition) is 6. The van der Waals surface area contributed by atoms with E-state index in [-0.39, 0.29) is 30.3 Å². The molecule has 0 radical (unpaired) electrons. The smallest absolute Gasteiger partial charge is 0.255 e. The predicted octanol–water partition coefficient (Wildman–Crippen LogP) is 1.93. The van der Waals surface area contributed by atoms with E-state index in [1.807, 2.05) is 30.3 Å². The van der Waals surface area contributed by atoms with Crippen LogP contribution in [0.1, 0.15) is 43.6 Å². The van der Waals surface area contributed by atoms with E-state index in [0.717, 1.165) is 31.5 Å². The van der Waals surface area contributed by atoms with Crippen molar-refractivity contribution in [1.29, 1.82) is 0 Å². The summed E-state index contributed by atoms with van der Waals surface area (Å²) in [6.45, 7) is 2.77. The van der Waals surface area contributed by atoms with Crippen molar-refractivity contribution >= 4 is 11.7 Å². The summed E-state index contributed by atoms with van der Waals surface area (Å²) in [5.41, 5.74) is -0.270. The molecule has 8 nitrogen and oxygen atoms in total. The third-order valence-electron chi connectivity index (χ3n) is 7.61. The first-order chi connectivity index (χ1) is 17.3. The minimum atomic E-state index is -1.06. The normalized spacial score (nSPS) is 20.7. The maximum atomic E-state index is 12.9. The van der Waals surface area contributed by atoms with E-state index >= 15 is 0 Å². The number of likely N-dealkylation sites (N-methyl/N-ethyl adjacent to an activating group) is 1. The van der Waals surface area contributed by atoms with Crippen molar-refractivity contribution in [2.45, 2.75) is 56.2 Å². The second-order valence-corrected chi connectivity index (χ2v) is 10.4. The van der Waals surface area contributed by atoms with E-state index in [0.29, 0.717) is 37.8 Å². The van der Waals surface area contributed by atoms with Gasteiger partial charge in [0.15, 0.2) is 0 Å². The van der Waals surface area contributed by atoms with Gasteiger partial charge in [0.1, 0.15) is 5.82 Å². The molecular formula is C28H37N5O3. The van der Waals surface area contributed by atoms with E-state index in [1.165, 1.54) is 4.57 Å². The molecule has 0 spiro atoms. The molecule has 2 atom stereocenters. The molecular weight excluding hydrogens is 454 g/mol. The highest BCUT2D eigenvalue weighted by Gasteiger charge is 2.35. The molecule has 8 heteroatoms. The third-order valence-corrected chi connectivity index (χ3v) is 7.61. The van der Waals surface area contributed by atoms with Gasteiger partial charge in [0.2, 0.25) is 5.91 Å². The maximum absolute atomic E-state index is 12.9. The van der Waals surface area contributed by atoms with Gasteiger partial charge >= 0.3 is 0 Å². The first-order valence-corrected chi connectivity index (χ1v) is 12.8. The summed E-state index contributed by atoms with van der Waals surface area (Å²) >= 11 is 0. The SMILES string of the molecule is C#C[C@H](CC(=O)N1CCC(O)(Cn2cnc(N3CCC[C@H](N(C)C)C3)cc2=O)CC1)c1ccccc1. The lowest BCUT2D eigenvalue weighted by Crippen LogP contribution is -2.50. The number of terminal acetylenes is 1. The quantitative estimate of drug-likeness (QED) is 0.596. The topological polar surface area (TPSA) is 81.9 Å². The van der Waals surface area contributed by atoms with E-state index < -0.39 is 5.60 Å². The lowest BCUT2D eigenvalue weighted by Gasteiger charge is -2.39. The van der Waals surface area contributed by atoms with Gasteiger partial charge in [0, 0.05) is 44.7 Å². The van der Waals surface area contributed by atoms with Crippen LogP contribution in [-0.2, 0) is 11.3 Å². The molecule has 1 amide bonds. The predicted molar refractivity (Wildman–Crippen MR) is 141 cm³/mol. The molecule has 1 N–H and O–H groups in total. The van der Waals surface area contributed by atoms with E-state index in [2.05, 4.69) is 34.8 Å². The molecule has 3 heterocycles. The molecule has 2 aliphatic rings. The zero-order valence-corrected chi connectivity index (χ0v) is 21.3. The number of carbonyl (C=O) groups excluding carboxylic acids is 1. The molecule has 2 aromatic rings. The van der Waals surface area contributed by atoms with Crippen molar-refractivity contribution in [3.05, 3.63) is 58.6 Å². The average molecular weight is 492 g/mol. The van der Waals surface area contributed by atoms with Gasteiger partial charge in [-0.25, -0.2) is 4.98 Å². The summed E-state index contributed by atoms with van der Waals surface area (Å²) in [7, 11) is 4.16. The van der Waals surface area contributed by atoms with Crippen molar-refractivity contribution in [1.82, 2.24) is 19.4 Å². The largest absolute Gasteiger partial charge is 0.388 e. The molecule has 0 unspecified atom stereocenters. The summed E-state index contributed by atoms with van der Waals surface area (Å²) in [6.07, 6.45) is 10.5. The summed E-state index contributed by atoms with van der Waals surface area (Å²) in [5.74, 6) is 3.15. The molecule has 2 fully saturated rings. The van der Waals surface area contributed by atoms with Crippen LogP contribution < -0.4 is 10.5 Å². The minimum Gasteiger partial charge on any atom is -0.388 e. The number of nitrogens with zero attached hydrogens (tertiary/aromatic N) is 5. The summed E-state index contributed by atoms with van der Waals surface area (Å²) in [5, 5.41) is 11.2. The number of amides is 1. The zero-order valence-electron chi connectivity index (χ0n) is 21.3. The molecule has 1 aromatic carbocycles. The van der Waals surface area contributed by atoms with Gasteiger partial charge in [0.25, 0.3) is 5.56 Å². The number of aromatic nitrogens is 2. The number of carbonyl (C=O) groups is 1. The molecule has 0 bridgehead atoms. The second kappa shape index (κ2) is 11.3. The Morgan fingerprint density at radius 3 is 2.61 bits per heavy atom. The summed E-state index contributed by atoms with van der Waals surface area (Å²) in [6, 6.07) is 11.7. The highest BCUT2D eigenvalue weighted by Crippen LogP contribution is 2.27. The van der Waals surface area contributed by atoms with Gasteiger partial charge in [-0.15, -0.1) is 6.42 Å². The van der Waals surface area contributed by atoms with Crippen LogP contribution in [0.15, 0.2) is 47.5 Å². The van der Waals surface area contributed by atoms with Crippen LogP contribution in [0.3, 0.4) is 0 Å². The van der Waals surface area contributed by atoms with E-state index in [1.54, 1.807) is 17.3 Å². The molecule has 4 rings (SSSR count). The van der Waals surface area contributed by atoms with Crippen molar-refractivity contribution in [2.75, 3.05) is 45.2 Å². The molecule has 2 saturated heterocycles. The number of anilines is 1. The highest BCUT2D eigenvalue weighted by atomic mass is 16.3. The molecule has 192 valence electrons. The van der Waals surface area contributed by atoms with E-state index in [9.17, 15) is 14.7 Å². The lowest BCUT2D eigenvalue weighted by molar-refractivity contribution is -0.136. The maximum Gasteiger partial charge on any atom is 0.255 e. The number of piperidine rings is 2. The lowest BCUT2D eigenvalue weighted by atomic mass is 9.90. The molecule has 1 aromatic heterocycles. The number of aliphatic hydroxyl groups is 1. The van der Waals surface area contributed by atoms with E-state index in [4.69, 9.17) is 6.42 Å². The van der Waals surface area contributed by atoms with Gasteiger partial charge in [-0.2, -0.15) is 0 Å². The van der Waals surface area contributed by atoms with Gasteiger partial charge < -0.3 is 19.8 Å². The van der Waals surface area contributed by atoms with Crippen molar-refractivity contribution < 1.29 is 9.90 Å². The molecule has 2 aliphatic heterocycles. The van der Waals surface area contributed by atoms with Crippen LogP contribution >= 0.6 is 0 Å². The zero-order chi connectivity index (χ0) is 25.7. The summed E-state index contributed by atoms with van der Waals surface area (Å²) in [4.78, 5) is 36.5. The molecule has 0 aliphatic carbocycles. The Morgan fingerprint density at radius 1 is 1.25 bits per heavy atom. The number of likely N-dealkylation sites (tertiary alicyclic amines) is 1. The monoisotopic (exact) mass is 491 g/mol. The van der Waals surface area contributed by atoms with Gasteiger partial charge in [0.05, 0.1) is 24.4 Å². The van der Waals surface area contributed by atoms with Crippen LogP contribution in [0.4, 0.5) is 5.82 Å². The number of hydrogen-bond donors (Lipinski definition) is 1. The van der Waals surface area contributed by atoms with Crippen molar-refractivity contribution in [2.24, 2.45) is 0 Å². The Bertz CT molecular complexity index is 1130. The Hall–Kier alpha value is -3.15. The van der Waals surface area contributed by atoms with Crippen LogP contribution in [0.2, 0.25) is 0 Å². The Balaban J connectivity index is 1.33.